The standard InChI is InChI=1S/C9H12O2/c1-5-3-7-8(6(5)2)4-11-9(7)10/h5,7-8H,2-4H2,1H3. The van der Waals surface area contributed by atoms with Gasteiger partial charge in [-0.2, -0.15) is 0 Å². The molecule has 11 heavy (non-hydrogen) atoms. The van der Waals surface area contributed by atoms with Gasteiger partial charge in [0.1, 0.15) is 0 Å². The number of fused-ring (bicyclic) bond motifs is 1. The molecule has 0 spiro atoms. The molecule has 0 aromatic carbocycles. The summed E-state index contributed by atoms with van der Waals surface area (Å²) < 4.78 is 4.94. The Balaban J connectivity index is 2.24. The Hall–Kier alpha value is -0.790. The fourth-order valence-electron chi connectivity index (χ4n) is 2.08. The van der Waals surface area contributed by atoms with Crippen LogP contribution in [0.1, 0.15) is 13.3 Å². The van der Waals surface area contributed by atoms with Crippen molar-refractivity contribution in [2.45, 2.75) is 13.3 Å². The van der Waals surface area contributed by atoms with E-state index in [0.29, 0.717) is 18.4 Å². The molecule has 1 heterocycles. The Kier molecular flexibility index (Phi) is 1.31. The molecule has 1 aliphatic heterocycles. The molecule has 1 saturated heterocycles. The minimum absolute atomic E-state index is 0.0134. The molecule has 0 amide bonds. The Morgan fingerprint density at radius 2 is 2.27 bits per heavy atom. The molecule has 2 nitrogen and oxygen atoms in total. The fourth-order valence-corrected chi connectivity index (χ4v) is 2.08. The molecule has 0 radical (unpaired) electrons. The van der Waals surface area contributed by atoms with E-state index in [9.17, 15) is 4.79 Å². The lowest BCUT2D eigenvalue weighted by Gasteiger charge is -2.06. The predicted octanol–water partition coefficient (Wildman–Crippen LogP) is 1.37. The van der Waals surface area contributed by atoms with E-state index in [4.69, 9.17) is 4.74 Å². The highest BCUT2D eigenvalue weighted by Gasteiger charge is 2.45. The highest BCUT2D eigenvalue weighted by atomic mass is 16.5. The van der Waals surface area contributed by atoms with Crippen LogP contribution >= 0.6 is 0 Å². The first-order valence-electron chi connectivity index (χ1n) is 4.05. The molecule has 3 atom stereocenters. The highest BCUT2D eigenvalue weighted by molar-refractivity contribution is 5.76. The number of hydrogen-bond donors (Lipinski definition) is 0. The first kappa shape index (κ1) is 6.89. The topological polar surface area (TPSA) is 26.3 Å². The Morgan fingerprint density at radius 3 is 2.91 bits per heavy atom. The van der Waals surface area contributed by atoms with Crippen LogP contribution in [-0.2, 0) is 9.53 Å². The van der Waals surface area contributed by atoms with Gasteiger partial charge in [0.05, 0.1) is 12.5 Å². The molecule has 2 aliphatic rings. The second kappa shape index (κ2) is 2.10. The molecule has 0 aromatic rings. The van der Waals surface area contributed by atoms with Crippen molar-refractivity contribution in [2.75, 3.05) is 6.61 Å². The minimum atomic E-state index is -0.0134. The van der Waals surface area contributed by atoms with Crippen LogP contribution < -0.4 is 0 Å². The van der Waals surface area contributed by atoms with Gasteiger partial charge in [-0.3, -0.25) is 4.79 Å². The lowest BCUT2D eigenvalue weighted by Crippen LogP contribution is -2.08. The third-order valence-electron chi connectivity index (χ3n) is 2.91. The summed E-state index contributed by atoms with van der Waals surface area (Å²) >= 11 is 0. The van der Waals surface area contributed by atoms with Crippen molar-refractivity contribution in [3.63, 3.8) is 0 Å². The van der Waals surface area contributed by atoms with Gasteiger partial charge < -0.3 is 4.74 Å². The van der Waals surface area contributed by atoms with Crippen LogP contribution in [0.5, 0.6) is 0 Å². The van der Waals surface area contributed by atoms with Crippen molar-refractivity contribution < 1.29 is 9.53 Å². The number of carbonyl (C=O) groups excluding carboxylic acids is 1. The number of cyclic esters (lactones) is 1. The summed E-state index contributed by atoms with van der Waals surface area (Å²) in [6.45, 7) is 6.69. The van der Waals surface area contributed by atoms with Gasteiger partial charge in [-0.1, -0.05) is 19.1 Å². The lowest BCUT2D eigenvalue weighted by molar-refractivity contribution is -0.141. The molecular formula is C9H12O2. The van der Waals surface area contributed by atoms with Gasteiger partial charge in [-0.25, -0.2) is 0 Å². The quantitative estimate of drug-likeness (QED) is 0.387. The van der Waals surface area contributed by atoms with Gasteiger partial charge in [0, 0.05) is 5.92 Å². The number of hydrogen-bond acceptors (Lipinski definition) is 2. The number of ether oxygens (including phenoxy) is 1. The summed E-state index contributed by atoms with van der Waals surface area (Å²) in [6, 6.07) is 0. The predicted molar refractivity (Wildman–Crippen MR) is 40.9 cm³/mol. The average molecular weight is 152 g/mol. The maximum absolute atomic E-state index is 11.1. The van der Waals surface area contributed by atoms with E-state index < -0.39 is 0 Å². The maximum atomic E-state index is 11.1. The number of carbonyl (C=O) groups is 1. The fraction of sp³-hybridized carbons (Fsp3) is 0.667. The van der Waals surface area contributed by atoms with Crippen molar-refractivity contribution in [1.82, 2.24) is 0 Å². The van der Waals surface area contributed by atoms with Crippen molar-refractivity contribution in [3.05, 3.63) is 12.2 Å². The first-order valence-corrected chi connectivity index (χ1v) is 4.05. The van der Waals surface area contributed by atoms with Gasteiger partial charge in [-0.05, 0) is 12.3 Å². The van der Waals surface area contributed by atoms with Crippen LogP contribution in [0, 0.1) is 17.8 Å². The molecule has 2 heteroatoms. The van der Waals surface area contributed by atoms with E-state index in [2.05, 4.69) is 13.5 Å². The monoisotopic (exact) mass is 152 g/mol. The van der Waals surface area contributed by atoms with E-state index in [1.54, 1.807) is 0 Å². The second-order valence-electron chi connectivity index (χ2n) is 3.55. The van der Waals surface area contributed by atoms with Crippen LogP contribution in [0.2, 0.25) is 0 Å². The van der Waals surface area contributed by atoms with Crippen LogP contribution in [-0.4, -0.2) is 12.6 Å². The number of esters is 1. The molecule has 1 saturated carbocycles. The van der Waals surface area contributed by atoms with Gasteiger partial charge in [0.2, 0.25) is 0 Å². The van der Waals surface area contributed by atoms with Gasteiger partial charge in [-0.15, -0.1) is 0 Å². The van der Waals surface area contributed by atoms with Crippen molar-refractivity contribution in [3.8, 4) is 0 Å². The zero-order valence-electron chi connectivity index (χ0n) is 6.67. The van der Waals surface area contributed by atoms with Crippen LogP contribution in [0.25, 0.3) is 0 Å². The van der Waals surface area contributed by atoms with E-state index in [-0.39, 0.29) is 11.9 Å². The summed E-state index contributed by atoms with van der Waals surface area (Å²) in [5, 5.41) is 0. The Morgan fingerprint density at radius 1 is 1.55 bits per heavy atom. The number of rotatable bonds is 0. The van der Waals surface area contributed by atoms with Crippen LogP contribution in [0.15, 0.2) is 12.2 Å². The second-order valence-corrected chi connectivity index (χ2v) is 3.55. The van der Waals surface area contributed by atoms with E-state index >= 15 is 0 Å². The SMILES string of the molecule is C=C1C(C)CC2C(=O)OCC12. The lowest BCUT2D eigenvalue weighted by atomic mass is 9.97. The molecular weight excluding hydrogens is 140 g/mol. The van der Waals surface area contributed by atoms with E-state index in [1.807, 2.05) is 0 Å². The summed E-state index contributed by atoms with van der Waals surface area (Å²) in [7, 11) is 0. The van der Waals surface area contributed by atoms with Gasteiger partial charge in [0.15, 0.2) is 0 Å². The minimum Gasteiger partial charge on any atom is -0.465 e. The zero-order chi connectivity index (χ0) is 8.01. The van der Waals surface area contributed by atoms with E-state index in [0.717, 1.165) is 6.42 Å². The normalized spacial score (nSPS) is 42.5. The van der Waals surface area contributed by atoms with Gasteiger partial charge in [0.25, 0.3) is 0 Å². The summed E-state index contributed by atoms with van der Waals surface area (Å²) in [5.74, 6) is 0.966. The largest absolute Gasteiger partial charge is 0.465 e. The molecule has 2 fully saturated rings. The Labute approximate surface area is 66.2 Å². The average Bonchev–Trinajstić information content (AvgIpc) is 2.43. The molecule has 2 rings (SSSR count). The zero-order valence-corrected chi connectivity index (χ0v) is 6.67. The molecule has 0 aromatic heterocycles. The van der Waals surface area contributed by atoms with Crippen LogP contribution in [0.3, 0.4) is 0 Å². The Bertz CT molecular complexity index is 220. The molecule has 0 N–H and O–H groups in total. The van der Waals surface area contributed by atoms with E-state index in [1.165, 1.54) is 5.57 Å². The third-order valence-corrected chi connectivity index (χ3v) is 2.91. The first-order chi connectivity index (χ1) is 5.20. The summed E-state index contributed by atoms with van der Waals surface area (Å²) in [6.07, 6.45) is 0.947. The molecule has 0 bridgehead atoms. The van der Waals surface area contributed by atoms with Gasteiger partial charge >= 0.3 is 5.97 Å². The molecule has 1 aliphatic carbocycles. The molecule has 3 unspecified atom stereocenters. The van der Waals surface area contributed by atoms with Crippen molar-refractivity contribution >= 4 is 5.97 Å². The summed E-state index contributed by atoms with van der Waals surface area (Å²) in [4.78, 5) is 11.1. The van der Waals surface area contributed by atoms with Crippen LogP contribution in [0.4, 0.5) is 0 Å². The van der Waals surface area contributed by atoms with Crippen molar-refractivity contribution in [2.24, 2.45) is 17.8 Å². The summed E-state index contributed by atoms with van der Waals surface area (Å²) in [5.41, 5.74) is 1.21. The smallest absolute Gasteiger partial charge is 0.309 e. The third kappa shape index (κ3) is 0.817. The molecule has 60 valence electrons. The maximum Gasteiger partial charge on any atom is 0.309 e. The van der Waals surface area contributed by atoms with Crippen molar-refractivity contribution in [1.29, 1.82) is 0 Å². The highest BCUT2D eigenvalue weighted by Crippen LogP contribution is 2.43.